The zero-order chi connectivity index (χ0) is 16.8. The largest absolute Gasteiger partial charge is 0.348 e. The maximum atomic E-state index is 11.7. The molecule has 1 heterocycles. The Labute approximate surface area is 136 Å². The van der Waals surface area contributed by atoms with Crippen LogP contribution in [0.15, 0.2) is 24.3 Å². The lowest BCUT2D eigenvalue weighted by Gasteiger charge is -2.32. The number of carbonyl (C=O) groups excluding carboxylic acids is 1. The van der Waals surface area contributed by atoms with E-state index in [2.05, 4.69) is 10.2 Å². The number of rotatable bonds is 6. The third-order valence-electron chi connectivity index (χ3n) is 4.16. The van der Waals surface area contributed by atoms with Crippen molar-refractivity contribution >= 4 is 11.6 Å². The van der Waals surface area contributed by atoms with Crippen molar-refractivity contribution in [2.45, 2.75) is 25.4 Å². The molecule has 0 aliphatic carbocycles. The van der Waals surface area contributed by atoms with Gasteiger partial charge in [-0.05, 0) is 18.4 Å². The number of nitro benzene ring substituents is 1. The van der Waals surface area contributed by atoms with Gasteiger partial charge in [-0.25, -0.2) is 0 Å². The highest BCUT2D eigenvalue weighted by molar-refractivity contribution is 5.77. The highest BCUT2D eigenvalue weighted by Crippen LogP contribution is 2.15. The lowest BCUT2D eigenvalue weighted by molar-refractivity contribution is -0.384. The monoisotopic (exact) mass is 320 g/mol. The topological polar surface area (TPSA) is 78.7 Å². The van der Waals surface area contributed by atoms with Gasteiger partial charge in [0.25, 0.3) is 5.69 Å². The van der Waals surface area contributed by atoms with Crippen LogP contribution < -0.4 is 5.32 Å². The van der Waals surface area contributed by atoms with E-state index in [4.69, 9.17) is 0 Å². The average molecular weight is 320 g/mol. The molecule has 2 rings (SSSR count). The number of piperidine rings is 1. The smallest absolute Gasteiger partial charge is 0.269 e. The van der Waals surface area contributed by atoms with E-state index in [-0.39, 0.29) is 16.5 Å². The molecule has 1 aliphatic rings. The van der Waals surface area contributed by atoms with Crippen LogP contribution >= 0.6 is 0 Å². The van der Waals surface area contributed by atoms with Gasteiger partial charge in [0.15, 0.2) is 0 Å². The van der Waals surface area contributed by atoms with E-state index < -0.39 is 0 Å². The quantitative estimate of drug-likeness (QED) is 0.630. The Morgan fingerprint density at radius 3 is 2.70 bits per heavy atom. The van der Waals surface area contributed by atoms with Crippen LogP contribution in [0.3, 0.4) is 0 Å². The number of nitrogens with zero attached hydrogens (tertiary/aromatic N) is 3. The van der Waals surface area contributed by atoms with Crippen molar-refractivity contribution in [1.29, 1.82) is 0 Å². The number of amides is 1. The molecule has 1 aliphatic heterocycles. The van der Waals surface area contributed by atoms with Crippen LogP contribution in [0.4, 0.5) is 5.69 Å². The Morgan fingerprint density at radius 1 is 1.39 bits per heavy atom. The predicted molar refractivity (Wildman–Crippen MR) is 88.1 cm³/mol. The van der Waals surface area contributed by atoms with Gasteiger partial charge in [-0.2, -0.15) is 0 Å². The van der Waals surface area contributed by atoms with E-state index in [9.17, 15) is 14.9 Å². The number of non-ortho nitro benzene ring substituents is 1. The van der Waals surface area contributed by atoms with Gasteiger partial charge in [0.2, 0.25) is 5.91 Å². The van der Waals surface area contributed by atoms with Gasteiger partial charge >= 0.3 is 0 Å². The van der Waals surface area contributed by atoms with Crippen LogP contribution in [0.1, 0.15) is 18.4 Å². The fourth-order valence-corrected chi connectivity index (χ4v) is 2.67. The van der Waals surface area contributed by atoms with E-state index in [0.717, 1.165) is 31.5 Å². The summed E-state index contributed by atoms with van der Waals surface area (Å²) >= 11 is 0. The molecule has 7 heteroatoms. The molecule has 0 unspecified atom stereocenters. The SMILES string of the molecule is CN(C)C(=O)CN1CCC(NCc2cccc([N+](=O)[O-])c2)CC1. The predicted octanol–water partition coefficient (Wildman–Crippen LogP) is 1.24. The summed E-state index contributed by atoms with van der Waals surface area (Å²) in [5.41, 5.74) is 1.05. The second-order valence-corrected chi connectivity index (χ2v) is 6.15. The maximum Gasteiger partial charge on any atom is 0.269 e. The average Bonchev–Trinajstić information content (AvgIpc) is 2.54. The first-order chi connectivity index (χ1) is 11.0. The number of benzene rings is 1. The molecular weight excluding hydrogens is 296 g/mol. The highest BCUT2D eigenvalue weighted by Gasteiger charge is 2.21. The molecule has 7 nitrogen and oxygen atoms in total. The molecule has 0 spiro atoms. The molecule has 1 saturated heterocycles. The van der Waals surface area contributed by atoms with Crippen molar-refractivity contribution in [1.82, 2.24) is 15.1 Å². The van der Waals surface area contributed by atoms with E-state index in [1.54, 1.807) is 31.1 Å². The van der Waals surface area contributed by atoms with Crippen LogP contribution in [0.5, 0.6) is 0 Å². The van der Waals surface area contributed by atoms with Crippen molar-refractivity contribution in [3.05, 3.63) is 39.9 Å². The summed E-state index contributed by atoms with van der Waals surface area (Å²) < 4.78 is 0. The molecule has 0 aromatic heterocycles. The third kappa shape index (κ3) is 5.30. The van der Waals surface area contributed by atoms with Gasteiger partial charge in [0.1, 0.15) is 0 Å². The summed E-state index contributed by atoms with van der Waals surface area (Å²) in [5.74, 6) is 0.132. The molecule has 1 fully saturated rings. The lowest BCUT2D eigenvalue weighted by Crippen LogP contribution is -2.45. The summed E-state index contributed by atoms with van der Waals surface area (Å²) in [6.07, 6.45) is 1.96. The summed E-state index contributed by atoms with van der Waals surface area (Å²) in [4.78, 5) is 25.9. The molecule has 1 aromatic rings. The standard InChI is InChI=1S/C16H24N4O3/c1-18(2)16(21)12-19-8-6-14(7-9-19)17-11-13-4-3-5-15(10-13)20(22)23/h3-5,10,14,17H,6-9,11-12H2,1-2H3. The molecule has 0 atom stereocenters. The molecule has 1 amide bonds. The molecule has 1 N–H and O–H groups in total. The lowest BCUT2D eigenvalue weighted by atomic mass is 10.0. The molecule has 1 aromatic carbocycles. The minimum absolute atomic E-state index is 0.126. The fraction of sp³-hybridized carbons (Fsp3) is 0.562. The fourth-order valence-electron chi connectivity index (χ4n) is 2.67. The van der Waals surface area contributed by atoms with Gasteiger partial charge in [0.05, 0.1) is 11.5 Å². The minimum Gasteiger partial charge on any atom is -0.348 e. The molecule has 23 heavy (non-hydrogen) atoms. The van der Waals surface area contributed by atoms with Crippen LogP contribution in [-0.2, 0) is 11.3 Å². The van der Waals surface area contributed by atoms with Gasteiger partial charge in [-0.1, -0.05) is 12.1 Å². The van der Waals surface area contributed by atoms with Gasteiger partial charge in [-0.3, -0.25) is 19.8 Å². The summed E-state index contributed by atoms with van der Waals surface area (Å²) in [5, 5.41) is 14.2. The Balaban J connectivity index is 1.75. The summed E-state index contributed by atoms with van der Waals surface area (Å²) in [6, 6.07) is 7.11. The second kappa shape index (κ2) is 8.03. The van der Waals surface area contributed by atoms with Crippen molar-refractivity contribution in [3.8, 4) is 0 Å². The number of carbonyl (C=O) groups is 1. The van der Waals surface area contributed by atoms with E-state index >= 15 is 0 Å². The number of nitrogens with one attached hydrogen (secondary N) is 1. The molecular formula is C16H24N4O3. The Bertz CT molecular complexity index is 554. The number of nitro groups is 1. The van der Waals surface area contributed by atoms with Crippen LogP contribution in [0, 0.1) is 10.1 Å². The number of hydrogen-bond acceptors (Lipinski definition) is 5. The maximum absolute atomic E-state index is 11.7. The molecule has 0 bridgehead atoms. The van der Waals surface area contributed by atoms with Crippen LogP contribution in [-0.4, -0.2) is 60.4 Å². The Hall–Kier alpha value is -1.99. The first-order valence-corrected chi connectivity index (χ1v) is 7.85. The number of likely N-dealkylation sites (N-methyl/N-ethyl adjacent to an activating group) is 1. The summed E-state index contributed by atoms with van der Waals surface area (Å²) in [7, 11) is 3.55. The van der Waals surface area contributed by atoms with E-state index in [1.807, 2.05) is 6.07 Å². The van der Waals surface area contributed by atoms with E-state index in [1.165, 1.54) is 6.07 Å². The van der Waals surface area contributed by atoms with Gasteiger partial charge < -0.3 is 10.2 Å². The molecule has 126 valence electrons. The van der Waals surface area contributed by atoms with Crippen molar-refractivity contribution in [2.75, 3.05) is 33.7 Å². The molecule has 0 radical (unpaired) electrons. The number of hydrogen-bond donors (Lipinski definition) is 1. The first-order valence-electron chi connectivity index (χ1n) is 7.85. The van der Waals surface area contributed by atoms with Crippen LogP contribution in [0.25, 0.3) is 0 Å². The second-order valence-electron chi connectivity index (χ2n) is 6.15. The van der Waals surface area contributed by atoms with Crippen molar-refractivity contribution in [3.63, 3.8) is 0 Å². The number of likely N-dealkylation sites (tertiary alicyclic amines) is 1. The normalized spacial score (nSPS) is 16.3. The highest BCUT2D eigenvalue weighted by atomic mass is 16.6. The third-order valence-corrected chi connectivity index (χ3v) is 4.16. The zero-order valence-corrected chi connectivity index (χ0v) is 13.7. The van der Waals surface area contributed by atoms with E-state index in [0.29, 0.717) is 19.1 Å². The Kier molecular flexibility index (Phi) is 6.06. The zero-order valence-electron chi connectivity index (χ0n) is 13.7. The first kappa shape index (κ1) is 17.4. The summed E-state index contributed by atoms with van der Waals surface area (Å²) in [6.45, 7) is 2.89. The van der Waals surface area contributed by atoms with Crippen LogP contribution in [0.2, 0.25) is 0 Å². The Morgan fingerprint density at radius 2 is 2.09 bits per heavy atom. The van der Waals surface area contributed by atoms with Crippen molar-refractivity contribution < 1.29 is 9.72 Å². The van der Waals surface area contributed by atoms with Gasteiger partial charge in [0, 0.05) is 51.9 Å². The van der Waals surface area contributed by atoms with Gasteiger partial charge in [-0.15, -0.1) is 0 Å². The minimum atomic E-state index is -0.371. The molecule has 0 saturated carbocycles. The van der Waals surface area contributed by atoms with Crippen molar-refractivity contribution in [2.24, 2.45) is 0 Å².